The van der Waals surface area contributed by atoms with Crippen molar-refractivity contribution in [3.63, 3.8) is 0 Å². The third-order valence-electron chi connectivity index (χ3n) is 6.81. The molecule has 7 heteroatoms. The van der Waals surface area contributed by atoms with Crippen molar-refractivity contribution in [1.29, 1.82) is 5.26 Å². The molecule has 0 atom stereocenters. The number of carbonyl (C=O) groups is 1. The zero-order valence-electron chi connectivity index (χ0n) is 21.2. The van der Waals surface area contributed by atoms with E-state index in [-0.39, 0.29) is 11.9 Å². The molecule has 1 saturated carbocycles. The Kier molecular flexibility index (Phi) is 8.31. The summed E-state index contributed by atoms with van der Waals surface area (Å²) >= 11 is 5.06. The minimum absolute atomic E-state index is 0.0253. The Morgan fingerprint density at radius 2 is 1.87 bits per heavy atom. The minimum atomic E-state index is 0.0253. The standard InChI is InChI=1S/C31H28BrN3O2S/c1-21-11-14-25(15-12-21)34-31-35(26-9-3-2-4-10-26)30(36)29(38-31)18-22-13-16-28(27(32)17-22)37-20-24-8-6-5-7-23(24)19-33/h5-8,11-18,26H,2-4,9-10,20H2,1H3/b29-18+,34-31?. The zero-order valence-corrected chi connectivity index (χ0v) is 23.6. The molecule has 5 rings (SSSR count). The van der Waals surface area contributed by atoms with Gasteiger partial charge in [0.25, 0.3) is 5.91 Å². The van der Waals surface area contributed by atoms with E-state index in [9.17, 15) is 10.1 Å². The van der Waals surface area contributed by atoms with Crippen molar-refractivity contribution in [3.8, 4) is 11.8 Å². The average Bonchev–Trinajstić information content (AvgIpc) is 3.24. The van der Waals surface area contributed by atoms with E-state index >= 15 is 0 Å². The van der Waals surface area contributed by atoms with Crippen LogP contribution in [-0.2, 0) is 11.4 Å². The van der Waals surface area contributed by atoms with Crippen LogP contribution < -0.4 is 4.74 Å². The molecule has 2 fully saturated rings. The molecule has 0 spiro atoms. The van der Waals surface area contributed by atoms with Gasteiger partial charge in [0, 0.05) is 11.6 Å². The SMILES string of the molecule is Cc1ccc(N=C2S/C(=C/c3ccc(OCc4ccccc4C#N)c(Br)c3)C(=O)N2C2CCCCC2)cc1. The molecular formula is C31H28BrN3O2S. The van der Waals surface area contributed by atoms with Crippen molar-refractivity contribution in [2.45, 2.75) is 51.7 Å². The Bertz CT molecular complexity index is 1440. The number of halogens is 1. The topological polar surface area (TPSA) is 65.7 Å². The van der Waals surface area contributed by atoms with Gasteiger partial charge in [-0.1, -0.05) is 61.2 Å². The molecule has 1 amide bonds. The largest absolute Gasteiger partial charge is 0.488 e. The summed E-state index contributed by atoms with van der Waals surface area (Å²) in [4.78, 5) is 21.1. The van der Waals surface area contributed by atoms with Gasteiger partial charge in [0.05, 0.1) is 26.7 Å². The van der Waals surface area contributed by atoms with Crippen molar-refractivity contribution in [3.05, 3.63) is 98.4 Å². The number of nitrogens with zero attached hydrogens (tertiary/aromatic N) is 3. The number of hydrogen-bond acceptors (Lipinski definition) is 5. The maximum absolute atomic E-state index is 13.6. The van der Waals surface area contributed by atoms with Crippen molar-refractivity contribution in [2.24, 2.45) is 4.99 Å². The maximum Gasteiger partial charge on any atom is 0.267 e. The van der Waals surface area contributed by atoms with Gasteiger partial charge in [-0.25, -0.2) is 4.99 Å². The van der Waals surface area contributed by atoms with Gasteiger partial charge in [-0.15, -0.1) is 0 Å². The van der Waals surface area contributed by atoms with E-state index in [1.165, 1.54) is 23.7 Å². The summed E-state index contributed by atoms with van der Waals surface area (Å²) in [6.07, 6.45) is 7.47. The molecule has 1 aliphatic heterocycles. The van der Waals surface area contributed by atoms with Gasteiger partial charge in [0.1, 0.15) is 12.4 Å². The molecule has 3 aromatic rings. The lowest BCUT2D eigenvalue weighted by atomic mass is 9.94. The van der Waals surface area contributed by atoms with Crippen LogP contribution in [0.1, 0.15) is 54.4 Å². The van der Waals surface area contributed by atoms with E-state index in [4.69, 9.17) is 9.73 Å². The Balaban J connectivity index is 1.38. The molecule has 1 heterocycles. The fraction of sp³-hybridized carbons (Fsp3) is 0.258. The van der Waals surface area contributed by atoms with Crippen LogP contribution >= 0.6 is 27.7 Å². The molecule has 192 valence electrons. The molecule has 0 aromatic heterocycles. The molecule has 2 aliphatic rings. The van der Waals surface area contributed by atoms with E-state index in [1.807, 2.05) is 71.6 Å². The van der Waals surface area contributed by atoms with Gasteiger partial charge in [-0.3, -0.25) is 9.69 Å². The van der Waals surface area contributed by atoms with E-state index in [0.717, 1.165) is 52.1 Å². The first-order chi connectivity index (χ1) is 18.5. The molecule has 3 aromatic carbocycles. The number of thioether (sulfide) groups is 1. The van der Waals surface area contributed by atoms with Crippen molar-refractivity contribution >= 4 is 50.5 Å². The van der Waals surface area contributed by atoms with Crippen molar-refractivity contribution < 1.29 is 9.53 Å². The van der Waals surface area contributed by atoms with Gasteiger partial charge in [-0.2, -0.15) is 5.26 Å². The van der Waals surface area contributed by atoms with E-state index in [0.29, 0.717) is 22.8 Å². The minimum Gasteiger partial charge on any atom is -0.488 e. The summed E-state index contributed by atoms with van der Waals surface area (Å²) in [5.74, 6) is 0.702. The molecule has 5 nitrogen and oxygen atoms in total. The smallest absolute Gasteiger partial charge is 0.267 e. The van der Waals surface area contributed by atoms with Crippen molar-refractivity contribution in [2.75, 3.05) is 0 Å². The highest BCUT2D eigenvalue weighted by Gasteiger charge is 2.38. The first kappa shape index (κ1) is 26.3. The fourth-order valence-electron chi connectivity index (χ4n) is 4.74. The summed E-state index contributed by atoms with van der Waals surface area (Å²) in [6.45, 7) is 2.35. The van der Waals surface area contributed by atoms with Crippen LogP contribution in [0.5, 0.6) is 5.75 Å². The Hall–Kier alpha value is -3.34. The highest BCUT2D eigenvalue weighted by atomic mass is 79.9. The number of nitriles is 1. The summed E-state index contributed by atoms with van der Waals surface area (Å²) in [5.41, 5.74) is 4.38. The van der Waals surface area contributed by atoms with Gasteiger partial charge >= 0.3 is 0 Å². The Morgan fingerprint density at radius 1 is 1.11 bits per heavy atom. The Labute approximate surface area is 236 Å². The summed E-state index contributed by atoms with van der Waals surface area (Å²) in [6, 6.07) is 23.7. The summed E-state index contributed by atoms with van der Waals surface area (Å²) in [5, 5.41) is 10.1. The number of carbonyl (C=O) groups excluding carboxylic acids is 1. The fourth-order valence-corrected chi connectivity index (χ4v) is 6.31. The number of aliphatic imine (C=N–C) groups is 1. The second kappa shape index (κ2) is 12.0. The summed E-state index contributed by atoms with van der Waals surface area (Å²) < 4.78 is 6.77. The number of amidine groups is 1. The highest BCUT2D eigenvalue weighted by Crippen LogP contribution is 2.39. The molecule has 0 radical (unpaired) electrons. The van der Waals surface area contributed by atoms with Crippen LogP contribution in [0.4, 0.5) is 5.69 Å². The van der Waals surface area contributed by atoms with E-state index in [1.54, 1.807) is 6.07 Å². The predicted octanol–water partition coefficient (Wildman–Crippen LogP) is 8.14. The van der Waals surface area contributed by atoms with E-state index < -0.39 is 0 Å². The van der Waals surface area contributed by atoms with E-state index in [2.05, 4.69) is 28.9 Å². The van der Waals surface area contributed by atoms with Gasteiger partial charge in [0.15, 0.2) is 5.17 Å². The monoisotopic (exact) mass is 585 g/mol. The molecular weight excluding hydrogens is 558 g/mol. The van der Waals surface area contributed by atoms with Gasteiger partial charge < -0.3 is 4.74 Å². The van der Waals surface area contributed by atoms with Crippen molar-refractivity contribution in [1.82, 2.24) is 4.90 Å². The number of rotatable bonds is 6. The van der Waals surface area contributed by atoms with Crippen LogP contribution in [0, 0.1) is 18.3 Å². The first-order valence-electron chi connectivity index (χ1n) is 12.8. The molecule has 0 N–H and O–H groups in total. The third-order valence-corrected chi connectivity index (χ3v) is 8.41. The van der Waals surface area contributed by atoms with Crippen LogP contribution in [0.15, 0.2) is 81.1 Å². The summed E-state index contributed by atoms with van der Waals surface area (Å²) in [7, 11) is 0. The van der Waals surface area contributed by atoms with Crippen LogP contribution in [0.2, 0.25) is 0 Å². The third kappa shape index (κ3) is 6.03. The first-order valence-corrected chi connectivity index (χ1v) is 14.4. The number of benzene rings is 3. The second-order valence-corrected chi connectivity index (χ2v) is 11.4. The maximum atomic E-state index is 13.6. The lowest BCUT2D eigenvalue weighted by Gasteiger charge is -2.30. The second-order valence-electron chi connectivity index (χ2n) is 9.56. The quantitative estimate of drug-likeness (QED) is 0.274. The van der Waals surface area contributed by atoms with Crippen LogP contribution in [0.25, 0.3) is 6.08 Å². The number of aryl methyl sites for hydroxylation is 1. The van der Waals surface area contributed by atoms with Gasteiger partial charge in [0.2, 0.25) is 0 Å². The zero-order chi connectivity index (χ0) is 26.5. The average molecular weight is 587 g/mol. The van der Waals surface area contributed by atoms with Gasteiger partial charge in [-0.05, 0) is 89.4 Å². The molecule has 0 bridgehead atoms. The molecule has 0 unspecified atom stereocenters. The van der Waals surface area contributed by atoms with Crippen LogP contribution in [0.3, 0.4) is 0 Å². The number of hydrogen-bond donors (Lipinski definition) is 0. The number of amides is 1. The molecule has 1 saturated heterocycles. The molecule has 1 aliphatic carbocycles. The highest BCUT2D eigenvalue weighted by molar-refractivity contribution is 9.10. The van der Waals surface area contributed by atoms with Crippen LogP contribution in [-0.4, -0.2) is 22.0 Å². The normalized spacial score (nSPS) is 18.2. The lowest BCUT2D eigenvalue weighted by Crippen LogP contribution is -2.40. The predicted molar refractivity (Wildman–Crippen MR) is 157 cm³/mol. The molecule has 38 heavy (non-hydrogen) atoms. The Morgan fingerprint density at radius 3 is 2.61 bits per heavy atom. The number of ether oxygens (including phenoxy) is 1. The lowest BCUT2D eigenvalue weighted by molar-refractivity contribution is -0.124.